The number of benzene rings is 1. The number of aromatic nitrogens is 1. The molecule has 0 aliphatic heterocycles. The van der Waals surface area contributed by atoms with E-state index in [0.29, 0.717) is 5.56 Å². The van der Waals surface area contributed by atoms with Crippen molar-refractivity contribution in [1.29, 1.82) is 0 Å². The summed E-state index contributed by atoms with van der Waals surface area (Å²) >= 11 is 0. The summed E-state index contributed by atoms with van der Waals surface area (Å²) in [6.45, 7) is 6.17. The largest absolute Gasteiger partial charge is 0.478 e. The van der Waals surface area contributed by atoms with Crippen LogP contribution in [0.4, 0.5) is 0 Å². The number of carbonyl (C=O) groups is 1. The normalized spacial score (nSPS) is 11.2. The molecule has 0 aliphatic carbocycles. The molecule has 1 aromatic carbocycles. The number of unbranched alkanes of at least 4 members (excludes halogenated alkanes) is 1. The molecule has 1 N–H and O–H groups in total. The molecule has 2 rings (SSSR count). The van der Waals surface area contributed by atoms with E-state index in [1.165, 1.54) is 29.5 Å². The third kappa shape index (κ3) is 2.25. The summed E-state index contributed by atoms with van der Waals surface area (Å²) in [5.41, 5.74) is 4.86. The third-order valence-corrected chi connectivity index (χ3v) is 3.98. The monoisotopic (exact) mass is 259 g/mol. The van der Waals surface area contributed by atoms with E-state index in [1.807, 2.05) is 20.0 Å². The lowest BCUT2D eigenvalue weighted by atomic mass is 10.0. The van der Waals surface area contributed by atoms with Crippen LogP contribution < -0.4 is 0 Å². The van der Waals surface area contributed by atoms with Crippen LogP contribution in [-0.4, -0.2) is 15.6 Å². The number of aromatic carboxylic acids is 1. The van der Waals surface area contributed by atoms with Crippen LogP contribution in [0.1, 0.15) is 46.9 Å². The summed E-state index contributed by atoms with van der Waals surface area (Å²) in [4.78, 5) is 11.2. The van der Waals surface area contributed by atoms with Gasteiger partial charge in [0.15, 0.2) is 0 Å². The summed E-state index contributed by atoms with van der Waals surface area (Å²) in [5.74, 6) is -0.853. The lowest BCUT2D eigenvalue weighted by molar-refractivity contribution is 0.0696. The van der Waals surface area contributed by atoms with Crippen LogP contribution in [0.3, 0.4) is 0 Å². The average Bonchev–Trinajstić information content (AvgIpc) is 2.58. The van der Waals surface area contributed by atoms with Gasteiger partial charge in [0.05, 0.1) is 5.56 Å². The number of nitrogens with zero attached hydrogens (tertiary/aromatic N) is 1. The van der Waals surface area contributed by atoms with Crippen LogP contribution in [0, 0.1) is 13.8 Å². The minimum absolute atomic E-state index is 0.398. The summed E-state index contributed by atoms with van der Waals surface area (Å²) in [6.07, 6.45) is 3.40. The van der Waals surface area contributed by atoms with Crippen LogP contribution in [0.5, 0.6) is 0 Å². The van der Waals surface area contributed by atoms with Crippen LogP contribution in [0.15, 0.2) is 12.1 Å². The van der Waals surface area contributed by atoms with E-state index in [0.717, 1.165) is 17.5 Å². The van der Waals surface area contributed by atoms with Crippen molar-refractivity contribution in [2.24, 2.45) is 7.05 Å². The fourth-order valence-electron chi connectivity index (χ4n) is 2.69. The molecule has 1 heterocycles. The maximum absolute atomic E-state index is 11.2. The number of rotatable bonds is 4. The Balaban J connectivity index is 2.69. The Morgan fingerprint density at radius 3 is 2.58 bits per heavy atom. The lowest BCUT2D eigenvalue weighted by Crippen LogP contribution is -2.00. The number of hydrogen-bond donors (Lipinski definition) is 1. The van der Waals surface area contributed by atoms with Gasteiger partial charge in [0.1, 0.15) is 0 Å². The first-order valence-corrected chi connectivity index (χ1v) is 6.79. The second kappa shape index (κ2) is 5.08. The summed E-state index contributed by atoms with van der Waals surface area (Å²) in [7, 11) is 2.01. The zero-order chi connectivity index (χ0) is 14.2. The molecule has 0 saturated heterocycles. The second-order valence-electron chi connectivity index (χ2n) is 5.22. The quantitative estimate of drug-likeness (QED) is 0.906. The SMILES string of the molecule is CCCCc1c(C)n(C)c2cc(C(=O)O)c(C)cc12. The van der Waals surface area contributed by atoms with Gasteiger partial charge in [-0.2, -0.15) is 0 Å². The fraction of sp³-hybridized carbons (Fsp3) is 0.438. The standard InChI is InChI=1S/C16H21NO2/c1-5-6-7-12-11(3)17(4)15-9-13(16(18)19)10(2)8-14(12)15/h8-9H,5-7H2,1-4H3,(H,18,19). The molecule has 0 aliphatic rings. The molecule has 0 radical (unpaired) electrons. The van der Waals surface area contributed by atoms with Crippen LogP contribution >= 0.6 is 0 Å². The molecule has 0 unspecified atom stereocenters. The van der Waals surface area contributed by atoms with Crippen LogP contribution in [-0.2, 0) is 13.5 Å². The minimum Gasteiger partial charge on any atom is -0.478 e. The summed E-state index contributed by atoms with van der Waals surface area (Å²) < 4.78 is 2.10. The van der Waals surface area contributed by atoms with Gasteiger partial charge in [0, 0.05) is 23.6 Å². The summed E-state index contributed by atoms with van der Waals surface area (Å²) in [6, 6.07) is 3.83. The van der Waals surface area contributed by atoms with Crippen molar-refractivity contribution in [2.75, 3.05) is 0 Å². The Labute approximate surface area is 113 Å². The van der Waals surface area contributed by atoms with Crippen molar-refractivity contribution in [3.05, 3.63) is 34.5 Å². The van der Waals surface area contributed by atoms with Crippen LogP contribution in [0.25, 0.3) is 10.9 Å². The number of fused-ring (bicyclic) bond motifs is 1. The van der Waals surface area contributed by atoms with Crippen molar-refractivity contribution in [3.8, 4) is 0 Å². The Morgan fingerprint density at radius 1 is 1.32 bits per heavy atom. The van der Waals surface area contributed by atoms with Crippen molar-refractivity contribution in [2.45, 2.75) is 40.0 Å². The van der Waals surface area contributed by atoms with Crippen molar-refractivity contribution >= 4 is 16.9 Å². The minimum atomic E-state index is -0.853. The maximum Gasteiger partial charge on any atom is 0.336 e. The van der Waals surface area contributed by atoms with Gasteiger partial charge in [-0.15, -0.1) is 0 Å². The first-order valence-electron chi connectivity index (χ1n) is 6.79. The highest BCUT2D eigenvalue weighted by Crippen LogP contribution is 2.29. The Morgan fingerprint density at radius 2 is 2.00 bits per heavy atom. The topological polar surface area (TPSA) is 42.2 Å². The van der Waals surface area contributed by atoms with Crippen LogP contribution in [0.2, 0.25) is 0 Å². The molecule has 3 heteroatoms. The number of carboxylic acids is 1. The van der Waals surface area contributed by atoms with Gasteiger partial charge >= 0.3 is 5.97 Å². The highest BCUT2D eigenvalue weighted by atomic mass is 16.4. The van der Waals surface area contributed by atoms with Gasteiger partial charge < -0.3 is 9.67 Å². The molecule has 0 atom stereocenters. The zero-order valence-corrected chi connectivity index (χ0v) is 12.1. The van der Waals surface area contributed by atoms with E-state index in [2.05, 4.69) is 18.4 Å². The Bertz CT molecular complexity index is 638. The third-order valence-electron chi connectivity index (χ3n) is 3.98. The van der Waals surface area contributed by atoms with E-state index < -0.39 is 5.97 Å². The maximum atomic E-state index is 11.2. The molecule has 0 bridgehead atoms. The number of aryl methyl sites for hydroxylation is 3. The molecular weight excluding hydrogens is 238 g/mol. The molecule has 0 fully saturated rings. The summed E-state index contributed by atoms with van der Waals surface area (Å²) in [5, 5.41) is 10.4. The molecule has 102 valence electrons. The predicted molar refractivity (Wildman–Crippen MR) is 78.0 cm³/mol. The smallest absolute Gasteiger partial charge is 0.336 e. The van der Waals surface area contributed by atoms with Gasteiger partial charge in [0.2, 0.25) is 0 Å². The Hall–Kier alpha value is -1.77. The lowest BCUT2D eigenvalue weighted by Gasteiger charge is -2.04. The molecule has 0 spiro atoms. The average molecular weight is 259 g/mol. The predicted octanol–water partition coefficient (Wildman–Crippen LogP) is 3.84. The van der Waals surface area contributed by atoms with Gasteiger partial charge in [-0.1, -0.05) is 13.3 Å². The molecule has 0 amide bonds. The molecule has 2 aromatic rings. The van der Waals surface area contributed by atoms with Gasteiger partial charge in [-0.05, 0) is 49.9 Å². The first-order chi connectivity index (χ1) is 8.97. The molecule has 3 nitrogen and oxygen atoms in total. The molecule has 19 heavy (non-hydrogen) atoms. The number of hydrogen-bond acceptors (Lipinski definition) is 1. The highest BCUT2D eigenvalue weighted by Gasteiger charge is 2.15. The van der Waals surface area contributed by atoms with E-state index in [4.69, 9.17) is 0 Å². The van der Waals surface area contributed by atoms with Crippen molar-refractivity contribution in [3.63, 3.8) is 0 Å². The Kier molecular flexibility index (Phi) is 3.65. The van der Waals surface area contributed by atoms with Gasteiger partial charge in [-0.25, -0.2) is 4.79 Å². The van der Waals surface area contributed by atoms with E-state index in [-0.39, 0.29) is 0 Å². The highest BCUT2D eigenvalue weighted by molar-refractivity contribution is 5.96. The van der Waals surface area contributed by atoms with E-state index >= 15 is 0 Å². The zero-order valence-electron chi connectivity index (χ0n) is 12.1. The first kappa shape index (κ1) is 13.7. The fourth-order valence-corrected chi connectivity index (χ4v) is 2.69. The van der Waals surface area contributed by atoms with E-state index in [9.17, 15) is 9.90 Å². The van der Waals surface area contributed by atoms with Crippen molar-refractivity contribution in [1.82, 2.24) is 4.57 Å². The molecular formula is C16H21NO2. The van der Waals surface area contributed by atoms with E-state index in [1.54, 1.807) is 6.07 Å². The van der Waals surface area contributed by atoms with Gasteiger partial charge in [-0.3, -0.25) is 0 Å². The molecule has 1 aromatic heterocycles. The molecule has 0 saturated carbocycles. The number of carboxylic acid groups (broad SMARTS) is 1. The van der Waals surface area contributed by atoms with Crippen molar-refractivity contribution < 1.29 is 9.90 Å². The van der Waals surface area contributed by atoms with Gasteiger partial charge in [0.25, 0.3) is 0 Å². The second-order valence-corrected chi connectivity index (χ2v) is 5.22.